The molecule has 0 saturated carbocycles. The van der Waals surface area contributed by atoms with Gasteiger partial charge in [-0.3, -0.25) is 4.79 Å². The Morgan fingerprint density at radius 2 is 1.59 bits per heavy atom. The van der Waals surface area contributed by atoms with E-state index < -0.39 is 24.2 Å². The lowest BCUT2D eigenvalue weighted by molar-refractivity contribution is -0.119. The SMILES string of the molecule is O=C(COC(=O)c1ccc(O)cc1O)Nc1ccccc1-c1ccccc1. The number of rotatable bonds is 5. The third kappa shape index (κ3) is 4.43. The van der Waals surface area contributed by atoms with Gasteiger partial charge in [0.15, 0.2) is 6.61 Å². The minimum Gasteiger partial charge on any atom is -0.508 e. The Morgan fingerprint density at radius 1 is 0.889 bits per heavy atom. The van der Waals surface area contributed by atoms with E-state index in [1.165, 1.54) is 12.1 Å². The number of carbonyl (C=O) groups excluding carboxylic acids is 2. The topological polar surface area (TPSA) is 95.9 Å². The number of carbonyl (C=O) groups is 2. The highest BCUT2D eigenvalue weighted by molar-refractivity contribution is 5.99. The van der Waals surface area contributed by atoms with E-state index in [0.29, 0.717) is 5.69 Å². The molecule has 27 heavy (non-hydrogen) atoms. The van der Waals surface area contributed by atoms with Gasteiger partial charge in [-0.1, -0.05) is 48.5 Å². The average molecular weight is 363 g/mol. The lowest BCUT2D eigenvalue weighted by atomic mass is 10.0. The molecule has 0 atom stereocenters. The van der Waals surface area contributed by atoms with E-state index in [0.717, 1.165) is 17.2 Å². The first-order valence-electron chi connectivity index (χ1n) is 8.18. The van der Waals surface area contributed by atoms with Crippen LogP contribution < -0.4 is 5.32 Å². The Hall–Kier alpha value is -3.80. The summed E-state index contributed by atoms with van der Waals surface area (Å²) in [5.74, 6) is -1.97. The van der Waals surface area contributed by atoms with E-state index in [4.69, 9.17) is 4.74 Å². The van der Waals surface area contributed by atoms with E-state index in [2.05, 4.69) is 5.32 Å². The lowest BCUT2D eigenvalue weighted by Crippen LogP contribution is -2.21. The van der Waals surface area contributed by atoms with Crippen LogP contribution in [0.25, 0.3) is 11.1 Å². The number of hydrogen-bond donors (Lipinski definition) is 3. The molecule has 0 saturated heterocycles. The number of benzene rings is 3. The zero-order valence-electron chi connectivity index (χ0n) is 14.3. The van der Waals surface area contributed by atoms with E-state index >= 15 is 0 Å². The van der Waals surface area contributed by atoms with Gasteiger partial charge in [-0.05, 0) is 23.8 Å². The lowest BCUT2D eigenvalue weighted by Gasteiger charge is -2.12. The summed E-state index contributed by atoms with van der Waals surface area (Å²) in [5.41, 5.74) is 2.25. The van der Waals surface area contributed by atoms with Gasteiger partial charge in [0.2, 0.25) is 0 Å². The zero-order chi connectivity index (χ0) is 19.2. The molecule has 136 valence electrons. The molecular weight excluding hydrogens is 346 g/mol. The van der Waals surface area contributed by atoms with Gasteiger partial charge in [0.05, 0.1) is 0 Å². The van der Waals surface area contributed by atoms with Crippen molar-refractivity contribution in [3.63, 3.8) is 0 Å². The minimum atomic E-state index is -0.862. The number of nitrogens with one attached hydrogen (secondary N) is 1. The van der Waals surface area contributed by atoms with Crippen molar-refractivity contribution in [2.24, 2.45) is 0 Å². The molecule has 0 heterocycles. The first kappa shape index (κ1) is 18.0. The summed E-state index contributed by atoms with van der Waals surface area (Å²) in [6, 6.07) is 20.3. The normalized spacial score (nSPS) is 10.2. The zero-order valence-corrected chi connectivity index (χ0v) is 14.3. The van der Waals surface area contributed by atoms with Crippen LogP contribution in [0, 0.1) is 0 Å². The van der Waals surface area contributed by atoms with Crippen LogP contribution in [0.15, 0.2) is 72.8 Å². The summed E-state index contributed by atoms with van der Waals surface area (Å²) in [5, 5.41) is 21.6. The molecule has 3 N–H and O–H groups in total. The van der Waals surface area contributed by atoms with Crippen LogP contribution in [-0.4, -0.2) is 28.7 Å². The number of phenols is 2. The Bertz CT molecular complexity index is 969. The van der Waals surface area contributed by atoms with E-state index in [-0.39, 0.29) is 11.3 Å². The van der Waals surface area contributed by atoms with Crippen molar-refractivity contribution in [1.29, 1.82) is 0 Å². The Labute approximate surface area is 155 Å². The molecular formula is C21H17NO5. The smallest absolute Gasteiger partial charge is 0.342 e. The third-order valence-electron chi connectivity index (χ3n) is 3.82. The fraction of sp³-hybridized carbons (Fsp3) is 0.0476. The maximum absolute atomic E-state index is 12.2. The van der Waals surface area contributed by atoms with E-state index in [1.807, 2.05) is 42.5 Å². The van der Waals surface area contributed by atoms with Crippen LogP contribution in [0.5, 0.6) is 11.5 Å². The minimum absolute atomic E-state index is 0.134. The molecule has 0 bridgehead atoms. The summed E-state index contributed by atoms with van der Waals surface area (Å²) < 4.78 is 4.94. The number of hydrogen-bond acceptors (Lipinski definition) is 5. The number of aromatic hydroxyl groups is 2. The molecule has 0 aliphatic carbocycles. The first-order valence-corrected chi connectivity index (χ1v) is 8.18. The molecule has 3 aromatic carbocycles. The van der Waals surface area contributed by atoms with Gasteiger partial charge in [0, 0.05) is 17.3 Å². The molecule has 0 aromatic heterocycles. The first-order chi connectivity index (χ1) is 13.0. The van der Waals surface area contributed by atoms with Crippen molar-refractivity contribution in [2.45, 2.75) is 0 Å². The maximum atomic E-state index is 12.2. The van der Waals surface area contributed by atoms with Crippen LogP contribution in [0.2, 0.25) is 0 Å². The predicted molar refractivity (Wildman–Crippen MR) is 101 cm³/mol. The predicted octanol–water partition coefficient (Wildman–Crippen LogP) is 3.56. The monoisotopic (exact) mass is 363 g/mol. The molecule has 1 amide bonds. The molecule has 0 aliphatic rings. The van der Waals surface area contributed by atoms with Crippen LogP contribution in [-0.2, 0) is 9.53 Å². The molecule has 0 spiro atoms. The van der Waals surface area contributed by atoms with Crippen LogP contribution >= 0.6 is 0 Å². The van der Waals surface area contributed by atoms with Gasteiger partial charge in [-0.2, -0.15) is 0 Å². The molecule has 3 rings (SSSR count). The van der Waals surface area contributed by atoms with Gasteiger partial charge in [0.25, 0.3) is 5.91 Å². The number of amides is 1. The summed E-state index contributed by atoms with van der Waals surface area (Å²) >= 11 is 0. The molecule has 3 aromatic rings. The van der Waals surface area contributed by atoms with Crippen LogP contribution in [0.4, 0.5) is 5.69 Å². The molecule has 6 heteroatoms. The Kier molecular flexibility index (Phi) is 5.37. The summed E-state index contributed by atoms with van der Waals surface area (Å²) in [4.78, 5) is 24.2. The highest BCUT2D eigenvalue weighted by Gasteiger charge is 2.15. The number of esters is 1. The van der Waals surface area contributed by atoms with Crippen molar-refractivity contribution < 1.29 is 24.5 Å². The fourth-order valence-electron chi connectivity index (χ4n) is 2.55. The second kappa shape index (κ2) is 8.05. The maximum Gasteiger partial charge on any atom is 0.342 e. The Balaban J connectivity index is 1.66. The number of para-hydroxylation sites is 1. The standard InChI is InChI=1S/C21H17NO5/c23-15-10-11-17(19(24)12-15)21(26)27-13-20(25)22-18-9-5-4-8-16(18)14-6-2-1-3-7-14/h1-12,23-24H,13H2,(H,22,25). The summed E-state index contributed by atoms with van der Waals surface area (Å²) in [6.45, 7) is -0.512. The fourth-order valence-corrected chi connectivity index (χ4v) is 2.55. The third-order valence-corrected chi connectivity index (χ3v) is 3.82. The molecule has 0 fully saturated rings. The Morgan fingerprint density at radius 3 is 2.33 bits per heavy atom. The van der Waals surface area contributed by atoms with Gasteiger partial charge in [-0.15, -0.1) is 0 Å². The van der Waals surface area contributed by atoms with Crippen molar-refractivity contribution in [2.75, 3.05) is 11.9 Å². The van der Waals surface area contributed by atoms with E-state index in [9.17, 15) is 19.8 Å². The van der Waals surface area contributed by atoms with Crippen molar-refractivity contribution in [3.05, 3.63) is 78.4 Å². The quantitative estimate of drug-likeness (QED) is 0.603. The van der Waals surface area contributed by atoms with Gasteiger partial charge in [-0.25, -0.2) is 4.79 Å². The van der Waals surface area contributed by atoms with Crippen molar-refractivity contribution in [1.82, 2.24) is 0 Å². The molecule has 0 aliphatic heterocycles. The van der Waals surface area contributed by atoms with Crippen molar-refractivity contribution >= 4 is 17.6 Å². The van der Waals surface area contributed by atoms with Gasteiger partial charge < -0.3 is 20.3 Å². The number of phenolic OH excluding ortho intramolecular Hbond substituents is 2. The van der Waals surface area contributed by atoms with Crippen LogP contribution in [0.3, 0.4) is 0 Å². The van der Waals surface area contributed by atoms with E-state index in [1.54, 1.807) is 12.1 Å². The second-order valence-corrected chi connectivity index (χ2v) is 5.74. The van der Waals surface area contributed by atoms with Crippen LogP contribution in [0.1, 0.15) is 10.4 Å². The molecule has 0 radical (unpaired) electrons. The molecule has 0 unspecified atom stereocenters. The number of ether oxygens (including phenoxy) is 1. The highest BCUT2D eigenvalue weighted by Crippen LogP contribution is 2.27. The largest absolute Gasteiger partial charge is 0.508 e. The average Bonchev–Trinajstić information content (AvgIpc) is 2.67. The summed E-state index contributed by atoms with van der Waals surface area (Å²) in [6.07, 6.45) is 0. The van der Waals surface area contributed by atoms with Crippen molar-refractivity contribution in [3.8, 4) is 22.6 Å². The second-order valence-electron chi connectivity index (χ2n) is 5.74. The highest BCUT2D eigenvalue weighted by atomic mass is 16.5. The number of anilines is 1. The summed E-state index contributed by atoms with van der Waals surface area (Å²) in [7, 11) is 0. The van der Waals surface area contributed by atoms with Gasteiger partial charge in [0.1, 0.15) is 17.1 Å². The van der Waals surface area contributed by atoms with Gasteiger partial charge >= 0.3 is 5.97 Å². The molecule has 6 nitrogen and oxygen atoms in total.